The van der Waals surface area contributed by atoms with E-state index in [2.05, 4.69) is 24.4 Å². The third-order valence-electron chi connectivity index (χ3n) is 5.34. The molecule has 0 atom stereocenters. The number of nitrogens with zero attached hydrogens (tertiary/aromatic N) is 1. The summed E-state index contributed by atoms with van der Waals surface area (Å²) < 4.78 is 27.9. The predicted molar refractivity (Wildman–Crippen MR) is 147 cm³/mol. The highest BCUT2D eigenvalue weighted by molar-refractivity contribution is 7.98. The molecule has 3 aromatic rings. The van der Waals surface area contributed by atoms with Gasteiger partial charge in [-0.3, -0.25) is 9.10 Å². The van der Waals surface area contributed by atoms with Crippen LogP contribution in [0.2, 0.25) is 10.0 Å². The van der Waals surface area contributed by atoms with Crippen LogP contribution in [-0.4, -0.2) is 33.2 Å². The van der Waals surface area contributed by atoms with E-state index in [0.29, 0.717) is 6.54 Å². The van der Waals surface area contributed by atoms with Crippen molar-refractivity contribution in [3.8, 4) is 0 Å². The van der Waals surface area contributed by atoms with Crippen LogP contribution >= 0.6 is 35.0 Å². The quantitative estimate of drug-likeness (QED) is 0.287. The van der Waals surface area contributed by atoms with Crippen LogP contribution < -0.4 is 9.62 Å². The Morgan fingerprint density at radius 2 is 1.63 bits per heavy atom. The van der Waals surface area contributed by atoms with Crippen LogP contribution in [0.4, 0.5) is 5.69 Å². The van der Waals surface area contributed by atoms with Gasteiger partial charge in [-0.15, -0.1) is 0 Å². The van der Waals surface area contributed by atoms with Crippen LogP contribution in [0.15, 0.2) is 71.6 Å². The lowest BCUT2D eigenvalue weighted by Crippen LogP contribution is -2.41. The monoisotopic (exact) mass is 550 g/mol. The lowest BCUT2D eigenvalue weighted by Gasteiger charge is -2.24. The number of halogens is 2. The summed E-state index contributed by atoms with van der Waals surface area (Å²) in [5.74, 6) is 1.39. The molecule has 35 heavy (non-hydrogen) atoms. The van der Waals surface area contributed by atoms with E-state index in [1.165, 1.54) is 41.5 Å². The van der Waals surface area contributed by atoms with Crippen LogP contribution in [0.5, 0.6) is 0 Å². The Bertz CT molecular complexity index is 1250. The van der Waals surface area contributed by atoms with Gasteiger partial charge in [-0.25, -0.2) is 8.42 Å². The van der Waals surface area contributed by atoms with Crippen molar-refractivity contribution < 1.29 is 13.2 Å². The highest BCUT2D eigenvalue weighted by Gasteiger charge is 2.27. The normalized spacial score (nSPS) is 11.3. The van der Waals surface area contributed by atoms with E-state index >= 15 is 0 Å². The Balaban J connectivity index is 1.63. The Kier molecular flexibility index (Phi) is 9.92. The zero-order valence-corrected chi connectivity index (χ0v) is 22.8. The number of sulfonamides is 1. The summed E-state index contributed by atoms with van der Waals surface area (Å²) in [5.41, 5.74) is 3.73. The minimum atomic E-state index is -4.02. The summed E-state index contributed by atoms with van der Waals surface area (Å²) in [6.45, 7) is 4.04. The van der Waals surface area contributed by atoms with Gasteiger partial charge in [-0.1, -0.05) is 65.2 Å². The molecular weight excluding hydrogens is 523 g/mol. The summed E-state index contributed by atoms with van der Waals surface area (Å²) >= 11 is 14.1. The summed E-state index contributed by atoms with van der Waals surface area (Å²) in [5, 5.41) is 3.39. The van der Waals surface area contributed by atoms with Gasteiger partial charge in [0.05, 0.1) is 10.6 Å². The van der Waals surface area contributed by atoms with Gasteiger partial charge in [0.2, 0.25) is 5.91 Å². The fraction of sp³-hybridized carbons (Fsp3) is 0.269. The number of thioether (sulfide) groups is 1. The zero-order chi connectivity index (χ0) is 25.4. The van der Waals surface area contributed by atoms with Crippen molar-refractivity contribution in [2.75, 3.05) is 23.1 Å². The van der Waals surface area contributed by atoms with Gasteiger partial charge < -0.3 is 5.32 Å². The first-order valence-electron chi connectivity index (χ1n) is 11.1. The van der Waals surface area contributed by atoms with Crippen molar-refractivity contribution in [1.29, 1.82) is 0 Å². The molecular formula is C26H28Cl2N2O3S2. The lowest BCUT2D eigenvalue weighted by atomic mass is 10.1. The van der Waals surface area contributed by atoms with Crippen molar-refractivity contribution in [2.45, 2.75) is 30.9 Å². The molecule has 3 rings (SSSR count). The highest BCUT2D eigenvalue weighted by Crippen LogP contribution is 2.29. The number of hydrogen-bond acceptors (Lipinski definition) is 4. The lowest BCUT2D eigenvalue weighted by molar-refractivity contribution is -0.119. The average Bonchev–Trinajstić information content (AvgIpc) is 2.80. The maximum atomic E-state index is 13.4. The molecule has 1 amide bonds. The Morgan fingerprint density at radius 3 is 2.29 bits per heavy atom. The summed E-state index contributed by atoms with van der Waals surface area (Å²) in [7, 11) is -4.02. The number of anilines is 1. The van der Waals surface area contributed by atoms with Gasteiger partial charge in [0.25, 0.3) is 10.0 Å². The molecule has 0 saturated heterocycles. The number of nitrogens with one attached hydrogen (secondary N) is 1. The second-order valence-electron chi connectivity index (χ2n) is 8.13. The molecule has 0 aliphatic carbocycles. The minimum absolute atomic E-state index is 0.0830. The smallest absolute Gasteiger partial charge is 0.264 e. The molecule has 0 spiro atoms. The van der Waals surface area contributed by atoms with Gasteiger partial charge in [-0.2, -0.15) is 11.8 Å². The first kappa shape index (κ1) is 27.4. The number of aryl methyl sites for hydroxylation is 2. The Hall–Kier alpha value is -2.19. The maximum absolute atomic E-state index is 13.4. The predicted octanol–water partition coefficient (Wildman–Crippen LogP) is 6.25. The van der Waals surface area contributed by atoms with Crippen LogP contribution in [-0.2, 0) is 20.6 Å². The molecule has 0 aromatic heterocycles. The molecule has 0 heterocycles. The maximum Gasteiger partial charge on any atom is 0.264 e. The summed E-state index contributed by atoms with van der Waals surface area (Å²) in [4.78, 5) is 12.8. The molecule has 0 fully saturated rings. The van der Waals surface area contributed by atoms with Gasteiger partial charge >= 0.3 is 0 Å². The molecule has 9 heteroatoms. The van der Waals surface area contributed by atoms with E-state index in [1.807, 2.05) is 19.1 Å². The van der Waals surface area contributed by atoms with E-state index in [-0.39, 0.29) is 27.2 Å². The third-order valence-corrected chi connectivity index (χ3v) is 8.65. The topological polar surface area (TPSA) is 66.5 Å². The SMILES string of the molecule is Cc1ccc(S(=O)(=O)N(CC(=O)NCCCSCc2ccccc2C)c2cc(Cl)cc(Cl)c2)cc1. The van der Waals surface area contributed by atoms with Gasteiger partial charge in [0, 0.05) is 22.3 Å². The van der Waals surface area contributed by atoms with Crippen molar-refractivity contribution in [3.63, 3.8) is 0 Å². The minimum Gasteiger partial charge on any atom is -0.354 e. The van der Waals surface area contributed by atoms with Gasteiger partial charge in [-0.05, 0) is 67.5 Å². The number of carbonyl (C=O) groups excluding carboxylic acids is 1. The number of hydrogen-bond donors (Lipinski definition) is 1. The van der Waals surface area contributed by atoms with E-state index in [1.54, 1.807) is 23.9 Å². The van der Waals surface area contributed by atoms with Crippen molar-refractivity contribution in [3.05, 3.63) is 93.5 Å². The standard InChI is InChI=1S/C26H28Cl2N2O3S2/c1-19-8-10-25(11-9-19)35(32,33)30(24-15-22(27)14-23(28)16-24)17-26(31)29-12-5-13-34-18-21-7-4-3-6-20(21)2/h3-4,6-11,14-16H,5,12-13,17-18H2,1-2H3,(H,29,31). The van der Waals surface area contributed by atoms with E-state index in [0.717, 1.165) is 27.8 Å². The largest absolute Gasteiger partial charge is 0.354 e. The van der Waals surface area contributed by atoms with Gasteiger partial charge in [0.1, 0.15) is 6.54 Å². The van der Waals surface area contributed by atoms with Crippen molar-refractivity contribution in [1.82, 2.24) is 5.32 Å². The molecule has 0 unspecified atom stereocenters. The number of benzene rings is 3. The molecule has 0 aliphatic heterocycles. The molecule has 0 radical (unpaired) electrons. The molecule has 3 aromatic carbocycles. The number of carbonyl (C=O) groups is 1. The highest BCUT2D eigenvalue weighted by atomic mass is 35.5. The number of rotatable bonds is 11. The molecule has 5 nitrogen and oxygen atoms in total. The average molecular weight is 552 g/mol. The fourth-order valence-electron chi connectivity index (χ4n) is 3.38. The third kappa shape index (κ3) is 7.90. The second-order valence-corrected chi connectivity index (χ2v) is 12.0. The van der Waals surface area contributed by atoms with Crippen LogP contribution in [0, 0.1) is 13.8 Å². The first-order valence-corrected chi connectivity index (χ1v) is 14.5. The van der Waals surface area contributed by atoms with Crippen molar-refractivity contribution >= 4 is 56.6 Å². The molecule has 1 N–H and O–H groups in total. The van der Waals surface area contributed by atoms with Gasteiger partial charge in [0.15, 0.2) is 0 Å². The van der Waals surface area contributed by atoms with Crippen LogP contribution in [0.25, 0.3) is 0 Å². The summed E-state index contributed by atoms with van der Waals surface area (Å²) in [6, 6.07) is 19.2. The Labute approximate surface area is 221 Å². The molecule has 0 bridgehead atoms. The molecule has 0 aliphatic rings. The molecule has 186 valence electrons. The number of amides is 1. The second kappa shape index (κ2) is 12.7. The van der Waals surface area contributed by atoms with Crippen LogP contribution in [0.1, 0.15) is 23.1 Å². The fourth-order valence-corrected chi connectivity index (χ4v) is 6.33. The van der Waals surface area contributed by atoms with Crippen LogP contribution in [0.3, 0.4) is 0 Å². The van der Waals surface area contributed by atoms with E-state index in [4.69, 9.17) is 23.2 Å². The Morgan fingerprint density at radius 1 is 0.971 bits per heavy atom. The van der Waals surface area contributed by atoms with Crippen molar-refractivity contribution in [2.24, 2.45) is 0 Å². The van der Waals surface area contributed by atoms with E-state index in [9.17, 15) is 13.2 Å². The van der Waals surface area contributed by atoms with E-state index < -0.39 is 15.9 Å². The first-order chi connectivity index (χ1) is 16.7. The molecule has 0 saturated carbocycles. The summed E-state index contributed by atoms with van der Waals surface area (Å²) in [6.07, 6.45) is 0.774. The zero-order valence-electron chi connectivity index (χ0n) is 19.6.